The Hall–Kier alpha value is 0.170. The van der Waals surface area contributed by atoms with Gasteiger partial charge in [0, 0.05) is 12.6 Å². The van der Waals surface area contributed by atoms with Crippen molar-refractivity contribution in [2.75, 3.05) is 13.6 Å². The van der Waals surface area contributed by atoms with Gasteiger partial charge in [-0.25, -0.2) is 0 Å². The highest BCUT2D eigenvalue weighted by molar-refractivity contribution is 6.21. The van der Waals surface area contributed by atoms with Crippen molar-refractivity contribution in [2.24, 2.45) is 5.73 Å². The van der Waals surface area contributed by atoms with Crippen LogP contribution in [0, 0.1) is 0 Å². The Bertz CT molecular complexity index is 109. The van der Waals surface area contributed by atoms with Crippen molar-refractivity contribution in [3.63, 3.8) is 0 Å². The molecule has 1 aliphatic heterocycles. The molecule has 1 fully saturated rings. The highest BCUT2D eigenvalue weighted by Gasteiger charge is 2.24. The summed E-state index contributed by atoms with van der Waals surface area (Å²) in [6.07, 6.45) is 1.11. The van der Waals surface area contributed by atoms with Gasteiger partial charge in [0.05, 0.1) is 11.5 Å². The number of alkyl halides is 1. The first-order chi connectivity index (χ1) is 4.74. The minimum absolute atomic E-state index is 0.119. The molecule has 3 unspecified atom stereocenters. The number of hydrogen-bond acceptors (Lipinski definition) is 3. The van der Waals surface area contributed by atoms with Gasteiger partial charge in [-0.1, -0.05) is 0 Å². The average molecular weight is 164 g/mol. The molecule has 0 saturated carbocycles. The topological polar surface area (TPSA) is 50.1 Å². The Morgan fingerprint density at radius 2 is 2.40 bits per heavy atom. The largest absolute Gasteiger partial charge is 0.326 e. The van der Waals surface area contributed by atoms with E-state index in [1.807, 2.05) is 7.05 Å². The molecule has 0 spiro atoms. The molecule has 4 N–H and O–H groups in total. The molecular formula is C6H14ClN3. The van der Waals surface area contributed by atoms with E-state index in [-0.39, 0.29) is 17.6 Å². The molecule has 4 heteroatoms. The molecule has 1 aliphatic rings. The fourth-order valence-corrected chi connectivity index (χ4v) is 1.64. The summed E-state index contributed by atoms with van der Waals surface area (Å²) >= 11 is 5.97. The summed E-state index contributed by atoms with van der Waals surface area (Å²) in [7, 11) is 1.89. The van der Waals surface area contributed by atoms with Crippen molar-refractivity contribution in [2.45, 2.75) is 24.0 Å². The normalized spacial score (nSPS) is 41.7. The summed E-state index contributed by atoms with van der Waals surface area (Å²) in [5.41, 5.74) is 5.67. The van der Waals surface area contributed by atoms with Gasteiger partial charge >= 0.3 is 0 Å². The van der Waals surface area contributed by atoms with Crippen LogP contribution >= 0.6 is 11.6 Å². The van der Waals surface area contributed by atoms with E-state index >= 15 is 0 Å². The van der Waals surface area contributed by atoms with Crippen LogP contribution in [0.25, 0.3) is 0 Å². The molecule has 1 saturated heterocycles. The van der Waals surface area contributed by atoms with Crippen LogP contribution in [0.15, 0.2) is 0 Å². The van der Waals surface area contributed by atoms with Gasteiger partial charge in [0.25, 0.3) is 0 Å². The molecule has 0 aliphatic carbocycles. The molecule has 0 aromatic rings. The highest BCUT2D eigenvalue weighted by atomic mass is 35.5. The van der Waals surface area contributed by atoms with Crippen LogP contribution in [0.2, 0.25) is 0 Å². The molecule has 0 aromatic heterocycles. The van der Waals surface area contributed by atoms with Crippen LogP contribution in [-0.4, -0.2) is 31.2 Å². The maximum absolute atomic E-state index is 5.97. The monoisotopic (exact) mass is 163 g/mol. The molecule has 10 heavy (non-hydrogen) atoms. The smallest absolute Gasteiger partial charge is 0.0739 e. The third kappa shape index (κ3) is 1.83. The Morgan fingerprint density at radius 3 is 2.90 bits per heavy atom. The quantitative estimate of drug-likeness (QED) is 0.456. The lowest BCUT2D eigenvalue weighted by atomic mass is 10.1. The van der Waals surface area contributed by atoms with Crippen LogP contribution in [-0.2, 0) is 0 Å². The van der Waals surface area contributed by atoms with E-state index in [2.05, 4.69) is 10.6 Å². The number of nitrogens with two attached hydrogens (primary N) is 1. The van der Waals surface area contributed by atoms with E-state index in [1.165, 1.54) is 0 Å². The number of nitrogens with one attached hydrogen (secondary N) is 2. The van der Waals surface area contributed by atoms with Gasteiger partial charge in [-0.3, -0.25) is 5.32 Å². The SMILES string of the molecule is CNC1NCC(N)CC1Cl. The lowest BCUT2D eigenvalue weighted by Crippen LogP contribution is -2.56. The third-order valence-electron chi connectivity index (χ3n) is 1.80. The zero-order chi connectivity index (χ0) is 7.56. The second-order valence-electron chi connectivity index (χ2n) is 2.69. The maximum Gasteiger partial charge on any atom is 0.0739 e. The number of piperidine rings is 1. The van der Waals surface area contributed by atoms with Gasteiger partial charge in [0.1, 0.15) is 0 Å². The van der Waals surface area contributed by atoms with Crippen molar-refractivity contribution in [3.8, 4) is 0 Å². The van der Waals surface area contributed by atoms with Gasteiger partial charge in [0.2, 0.25) is 0 Å². The summed E-state index contributed by atoms with van der Waals surface area (Å²) in [4.78, 5) is 0. The second kappa shape index (κ2) is 3.53. The first-order valence-corrected chi connectivity index (χ1v) is 3.98. The van der Waals surface area contributed by atoms with Gasteiger partial charge in [0.15, 0.2) is 0 Å². The summed E-state index contributed by atoms with van der Waals surface area (Å²) < 4.78 is 0. The minimum atomic E-state index is 0.119. The number of hydrogen-bond donors (Lipinski definition) is 3. The van der Waals surface area contributed by atoms with Crippen molar-refractivity contribution >= 4 is 11.6 Å². The number of rotatable bonds is 1. The van der Waals surface area contributed by atoms with E-state index in [1.54, 1.807) is 0 Å². The lowest BCUT2D eigenvalue weighted by molar-refractivity contribution is 0.340. The van der Waals surface area contributed by atoms with Crippen molar-refractivity contribution < 1.29 is 0 Å². The Morgan fingerprint density at radius 1 is 1.70 bits per heavy atom. The molecule has 0 amide bonds. The zero-order valence-corrected chi connectivity index (χ0v) is 6.86. The van der Waals surface area contributed by atoms with E-state index in [4.69, 9.17) is 17.3 Å². The van der Waals surface area contributed by atoms with Gasteiger partial charge < -0.3 is 11.1 Å². The molecule has 0 aromatic carbocycles. The first-order valence-electron chi connectivity index (χ1n) is 3.54. The summed E-state index contributed by atoms with van der Waals surface area (Å²) in [5, 5.41) is 6.40. The molecule has 0 radical (unpaired) electrons. The van der Waals surface area contributed by atoms with Crippen LogP contribution < -0.4 is 16.4 Å². The highest BCUT2D eigenvalue weighted by Crippen LogP contribution is 2.11. The van der Waals surface area contributed by atoms with Crippen molar-refractivity contribution in [3.05, 3.63) is 0 Å². The van der Waals surface area contributed by atoms with Gasteiger partial charge in [-0.15, -0.1) is 11.6 Å². The van der Waals surface area contributed by atoms with Crippen molar-refractivity contribution in [1.29, 1.82) is 0 Å². The third-order valence-corrected chi connectivity index (χ3v) is 2.23. The predicted molar refractivity (Wildman–Crippen MR) is 43.1 cm³/mol. The summed E-state index contributed by atoms with van der Waals surface area (Å²) in [6, 6.07) is 0.215. The minimum Gasteiger partial charge on any atom is -0.326 e. The van der Waals surface area contributed by atoms with E-state index in [9.17, 15) is 0 Å². The van der Waals surface area contributed by atoms with Crippen LogP contribution in [0.3, 0.4) is 0 Å². The molecule has 0 bridgehead atoms. The van der Waals surface area contributed by atoms with E-state index in [0.29, 0.717) is 0 Å². The predicted octanol–water partition coefficient (Wildman–Crippen LogP) is -0.540. The summed E-state index contributed by atoms with van der Waals surface area (Å²) in [5.74, 6) is 0. The van der Waals surface area contributed by atoms with Crippen LogP contribution in [0.4, 0.5) is 0 Å². The molecule has 3 nitrogen and oxygen atoms in total. The Kier molecular flexibility index (Phi) is 2.92. The standard InChI is InChI=1S/C6H14ClN3/c1-9-6-5(7)2-4(8)3-10-6/h4-6,9-10H,2-3,8H2,1H3. The molecule has 1 rings (SSSR count). The van der Waals surface area contributed by atoms with Gasteiger partial charge in [-0.2, -0.15) is 0 Å². The van der Waals surface area contributed by atoms with Crippen molar-refractivity contribution in [1.82, 2.24) is 10.6 Å². The fraction of sp³-hybridized carbons (Fsp3) is 1.00. The summed E-state index contributed by atoms with van der Waals surface area (Å²) in [6.45, 7) is 0.856. The first kappa shape index (κ1) is 8.27. The molecule has 60 valence electrons. The van der Waals surface area contributed by atoms with Gasteiger partial charge in [-0.05, 0) is 13.5 Å². The molecule has 1 heterocycles. The maximum atomic E-state index is 5.97. The van der Waals surface area contributed by atoms with Crippen LogP contribution in [0.1, 0.15) is 6.42 Å². The molecule has 3 atom stereocenters. The Balaban J connectivity index is 2.36. The lowest BCUT2D eigenvalue weighted by Gasteiger charge is -2.31. The zero-order valence-electron chi connectivity index (χ0n) is 6.10. The number of halogens is 1. The fourth-order valence-electron chi connectivity index (χ4n) is 1.20. The Labute approximate surface area is 66.3 Å². The van der Waals surface area contributed by atoms with E-state index in [0.717, 1.165) is 13.0 Å². The molecular weight excluding hydrogens is 150 g/mol. The second-order valence-corrected chi connectivity index (χ2v) is 3.25. The average Bonchev–Trinajstić information content (AvgIpc) is 1.88. The van der Waals surface area contributed by atoms with E-state index < -0.39 is 0 Å². The van der Waals surface area contributed by atoms with Crippen LogP contribution in [0.5, 0.6) is 0 Å².